The molecule has 0 radical (unpaired) electrons. The molecule has 9 nitrogen and oxygen atoms in total. The fraction of sp³-hybridized carbons (Fsp3) is 0.457. The van der Waals surface area contributed by atoms with Crippen LogP contribution >= 0.6 is 0 Å². The number of hydrogen-bond acceptors (Lipinski definition) is 6. The highest BCUT2D eigenvalue weighted by atomic mass is 16.5. The van der Waals surface area contributed by atoms with Crippen molar-refractivity contribution in [3.8, 4) is 0 Å². The van der Waals surface area contributed by atoms with Gasteiger partial charge >= 0.3 is 0 Å². The van der Waals surface area contributed by atoms with E-state index in [4.69, 9.17) is 4.74 Å². The minimum absolute atomic E-state index is 0.126. The van der Waals surface area contributed by atoms with Gasteiger partial charge in [-0.05, 0) is 69.5 Å². The van der Waals surface area contributed by atoms with Crippen molar-refractivity contribution in [2.24, 2.45) is 11.8 Å². The van der Waals surface area contributed by atoms with Crippen LogP contribution in [0.25, 0.3) is 0 Å². The van der Waals surface area contributed by atoms with Gasteiger partial charge in [0.1, 0.15) is 11.6 Å². The predicted molar refractivity (Wildman–Crippen MR) is 173 cm³/mol. The van der Waals surface area contributed by atoms with Crippen LogP contribution in [0.1, 0.15) is 33.1 Å². The van der Waals surface area contributed by atoms with Gasteiger partial charge in [0.05, 0.1) is 17.9 Å². The maximum atomic E-state index is 14.7. The lowest BCUT2D eigenvalue weighted by molar-refractivity contribution is -0.141. The van der Waals surface area contributed by atoms with Gasteiger partial charge in [-0.1, -0.05) is 30.4 Å². The lowest BCUT2D eigenvalue weighted by atomic mass is 9.70. The first kappa shape index (κ1) is 31.5. The Morgan fingerprint density at radius 1 is 0.955 bits per heavy atom. The minimum Gasteiger partial charge on any atom is -0.396 e. The van der Waals surface area contributed by atoms with Crippen LogP contribution in [-0.4, -0.2) is 84.8 Å². The van der Waals surface area contributed by atoms with Gasteiger partial charge in [0.25, 0.3) is 5.91 Å². The lowest BCUT2D eigenvalue weighted by Gasteiger charge is -2.37. The van der Waals surface area contributed by atoms with Crippen LogP contribution in [0.5, 0.6) is 0 Å². The van der Waals surface area contributed by atoms with E-state index in [0.29, 0.717) is 24.9 Å². The number of ether oxygens (including phenoxy) is 1. The maximum Gasteiger partial charge on any atom is 0.253 e. The van der Waals surface area contributed by atoms with Crippen molar-refractivity contribution in [3.05, 3.63) is 79.9 Å². The molecule has 5 atom stereocenters. The number of hydrogen-bond donors (Lipinski definition) is 1. The summed E-state index contributed by atoms with van der Waals surface area (Å²) in [7, 11) is 0. The van der Waals surface area contributed by atoms with Crippen LogP contribution in [0.3, 0.4) is 0 Å². The molecule has 0 aromatic heterocycles. The summed E-state index contributed by atoms with van der Waals surface area (Å²) in [6.07, 6.45) is 4.26. The zero-order chi connectivity index (χ0) is 31.4. The lowest BCUT2D eigenvalue weighted by Crippen LogP contribution is -2.56. The second-order valence-electron chi connectivity index (χ2n) is 11.7. The van der Waals surface area contributed by atoms with Crippen molar-refractivity contribution < 1.29 is 24.2 Å². The Labute approximate surface area is 260 Å². The summed E-state index contributed by atoms with van der Waals surface area (Å²) in [5, 5.41) is 9.70. The molecule has 0 aliphatic carbocycles. The van der Waals surface area contributed by atoms with E-state index >= 15 is 0 Å². The van der Waals surface area contributed by atoms with Crippen LogP contribution in [-0.2, 0) is 19.1 Å². The number of rotatable bonds is 14. The van der Waals surface area contributed by atoms with Crippen LogP contribution in [0.2, 0.25) is 0 Å². The van der Waals surface area contributed by atoms with E-state index in [-0.39, 0.29) is 44.0 Å². The molecule has 2 unspecified atom stereocenters. The molecule has 3 aliphatic rings. The van der Waals surface area contributed by atoms with Crippen molar-refractivity contribution in [1.29, 1.82) is 0 Å². The highest BCUT2D eigenvalue weighted by molar-refractivity contribution is 6.06. The number of likely N-dealkylation sites (tertiary alicyclic amines) is 1. The van der Waals surface area contributed by atoms with Crippen molar-refractivity contribution in [3.63, 3.8) is 0 Å². The van der Waals surface area contributed by atoms with Crippen LogP contribution in [0.15, 0.2) is 79.9 Å². The summed E-state index contributed by atoms with van der Waals surface area (Å²) in [5.41, 5.74) is 1.34. The third kappa shape index (κ3) is 5.32. The molecular formula is C35H44N4O5. The van der Waals surface area contributed by atoms with E-state index in [1.165, 1.54) is 0 Å². The van der Waals surface area contributed by atoms with Gasteiger partial charge < -0.3 is 29.4 Å². The minimum atomic E-state index is -1.13. The van der Waals surface area contributed by atoms with Gasteiger partial charge in [0.2, 0.25) is 11.8 Å². The molecule has 5 rings (SSSR count). The Balaban J connectivity index is 1.52. The zero-order valence-corrected chi connectivity index (χ0v) is 25.8. The number of aliphatic hydroxyl groups excluding tert-OH is 1. The fourth-order valence-electron chi connectivity index (χ4n) is 7.47. The Kier molecular flexibility index (Phi) is 9.56. The molecule has 0 saturated carbocycles. The van der Waals surface area contributed by atoms with Crippen LogP contribution < -0.4 is 14.7 Å². The van der Waals surface area contributed by atoms with Gasteiger partial charge in [-0.3, -0.25) is 14.4 Å². The van der Waals surface area contributed by atoms with Crippen molar-refractivity contribution in [2.45, 2.75) is 50.9 Å². The van der Waals surface area contributed by atoms with E-state index in [9.17, 15) is 19.5 Å². The summed E-state index contributed by atoms with van der Waals surface area (Å²) in [4.78, 5) is 50.3. The van der Waals surface area contributed by atoms with E-state index in [2.05, 4.69) is 31.9 Å². The zero-order valence-electron chi connectivity index (χ0n) is 25.8. The van der Waals surface area contributed by atoms with E-state index in [1.807, 2.05) is 54.6 Å². The van der Waals surface area contributed by atoms with Gasteiger partial charge in [-0.15, -0.1) is 13.2 Å². The molecular weight excluding hydrogens is 556 g/mol. The largest absolute Gasteiger partial charge is 0.396 e. The molecule has 3 amide bonds. The molecule has 1 spiro atoms. The number of carbonyl (C=O) groups excluding carboxylic acids is 3. The first-order valence-electron chi connectivity index (χ1n) is 15.7. The molecule has 44 heavy (non-hydrogen) atoms. The molecule has 2 bridgehead atoms. The van der Waals surface area contributed by atoms with Gasteiger partial charge in [0.15, 0.2) is 0 Å². The summed E-state index contributed by atoms with van der Waals surface area (Å²) in [5.74, 6) is -2.26. The summed E-state index contributed by atoms with van der Waals surface area (Å²) in [6, 6.07) is 16.3. The van der Waals surface area contributed by atoms with Gasteiger partial charge in [-0.2, -0.15) is 0 Å². The molecule has 9 heteroatoms. The van der Waals surface area contributed by atoms with Crippen molar-refractivity contribution in [1.82, 2.24) is 4.90 Å². The maximum absolute atomic E-state index is 14.7. The Bertz CT molecular complexity index is 1360. The average Bonchev–Trinajstić information content (AvgIpc) is 3.69. The van der Waals surface area contributed by atoms with E-state index < -0.39 is 29.6 Å². The number of benzene rings is 2. The molecule has 3 aliphatic heterocycles. The van der Waals surface area contributed by atoms with E-state index in [1.54, 1.807) is 26.9 Å². The van der Waals surface area contributed by atoms with Crippen molar-refractivity contribution >= 4 is 34.8 Å². The standard InChI is InChI=1S/C35H44N4O5/c1-5-21-37(26-13-10-9-11-14-26)32(41)29-28-19-20-35(44-28)30(29)33(42)39(23-12-24-40)31(35)34(43)38(22-6-2)27-17-15-25(16-18-27)36(7-3)8-4/h5-6,9-11,13-18,28-31,40H,1-2,7-8,12,19-24H2,3-4H3/t28-,29+,30+,31?,35?/m1/s1. The second kappa shape index (κ2) is 13.4. The Hall–Kier alpha value is -3.95. The number of nitrogens with zero attached hydrogens (tertiary/aromatic N) is 4. The van der Waals surface area contributed by atoms with Gasteiger partial charge in [-0.25, -0.2) is 0 Å². The number of para-hydroxylation sites is 1. The molecule has 234 valence electrons. The average molecular weight is 601 g/mol. The number of aliphatic hydroxyl groups is 1. The molecule has 3 saturated heterocycles. The van der Waals surface area contributed by atoms with Crippen molar-refractivity contribution in [2.75, 3.05) is 54.0 Å². The molecule has 2 aromatic carbocycles. The van der Waals surface area contributed by atoms with Crippen LogP contribution in [0.4, 0.5) is 17.1 Å². The third-order valence-electron chi connectivity index (χ3n) is 9.39. The number of amides is 3. The molecule has 3 fully saturated rings. The number of fused-ring (bicyclic) bond motifs is 1. The summed E-state index contributed by atoms with van der Waals surface area (Å²) >= 11 is 0. The predicted octanol–water partition coefficient (Wildman–Crippen LogP) is 4.03. The topological polar surface area (TPSA) is 93.6 Å². The summed E-state index contributed by atoms with van der Waals surface area (Å²) < 4.78 is 6.66. The Morgan fingerprint density at radius 2 is 1.55 bits per heavy atom. The molecule has 3 heterocycles. The smallest absolute Gasteiger partial charge is 0.253 e. The summed E-state index contributed by atoms with van der Waals surface area (Å²) in [6.45, 7) is 14.3. The fourth-order valence-corrected chi connectivity index (χ4v) is 7.47. The molecule has 1 N–H and O–H groups in total. The highest BCUT2D eigenvalue weighted by Gasteiger charge is 2.74. The van der Waals surface area contributed by atoms with Crippen LogP contribution in [0, 0.1) is 11.8 Å². The number of anilines is 3. The SMILES string of the molecule is C=CCN(C(=O)C1N(CCCO)C(=O)[C@@H]2[C@@H](C(=O)N(CC=C)c3ccccc3)[C@H]3CCC12O3)c1ccc(N(CC)CC)cc1. The highest BCUT2D eigenvalue weighted by Crippen LogP contribution is 2.59. The quantitative estimate of drug-likeness (QED) is 0.329. The Morgan fingerprint density at radius 3 is 2.14 bits per heavy atom. The van der Waals surface area contributed by atoms with E-state index in [0.717, 1.165) is 24.5 Å². The second-order valence-corrected chi connectivity index (χ2v) is 11.7. The molecule has 2 aromatic rings. The third-order valence-corrected chi connectivity index (χ3v) is 9.39. The first-order valence-corrected chi connectivity index (χ1v) is 15.7. The first-order chi connectivity index (χ1) is 21.4. The normalized spacial score (nSPS) is 25.1. The monoisotopic (exact) mass is 600 g/mol. The van der Waals surface area contributed by atoms with Gasteiger partial charge in [0, 0.05) is 56.4 Å². The number of carbonyl (C=O) groups is 3.